The number of aromatic nitrogens is 1. The summed E-state index contributed by atoms with van der Waals surface area (Å²) in [4.78, 5) is 12.5. The lowest BCUT2D eigenvalue weighted by Crippen LogP contribution is -2.19. The van der Waals surface area contributed by atoms with Crippen molar-refractivity contribution in [1.29, 1.82) is 0 Å². The van der Waals surface area contributed by atoms with Crippen LogP contribution >= 0.6 is 0 Å². The molecule has 0 saturated carbocycles. The summed E-state index contributed by atoms with van der Waals surface area (Å²) in [6.07, 6.45) is 4.09. The van der Waals surface area contributed by atoms with Crippen molar-refractivity contribution in [2.24, 2.45) is 0 Å². The topological polar surface area (TPSA) is 34.0 Å². The van der Waals surface area contributed by atoms with Gasteiger partial charge in [-0.15, -0.1) is 0 Å². The van der Waals surface area contributed by atoms with Gasteiger partial charge in [0.25, 0.3) is 0 Å². The van der Waals surface area contributed by atoms with Crippen LogP contribution in [0.25, 0.3) is 0 Å². The van der Waals surface area contributed by atoms with Gasteiger partial charge >= 0.3 is 0 Å². The maximum Gasteiger partial charge on any atom is 0.226 e. The van der Waals surface area contributed by atoms with Gasteiger partial charge in [-0.05, 0) is 54.4 Å². The first-order chi connectivity index (χ1) is 11.6. The van der Waals surface area contributed by atoms with Crippen molar-refractivity contribution in [3.63, 3.8) is 0 Å². The molecule has 0 aliphatic heterocycles. The summed E-state index contributed by atoms with van der Waals surface area (Å²) >= 11 is 0. The van der Waals surface area contributed by atoms with Crippen molar-refractivity contribution in [2.75, 3.05) is 5.32 Å². The Morgan fingerprint density at radius 3 is 2.46 bits per heavy atom. The molecule has 4 heteroatoms. The van der Waals surface area contributed by atoms with Gasteiger partial charge in [0.2, 0.25) is 5.91 Å². The molecule has 24 heavy (non-hydrogen) atoms. The minimum Gasteiger partial charge on any atom is -0.346 e. The number of aryl methyl sites for hydroxylation is 1. The Labute approximate surface area is 140 Å². The van der Waals surface area contributed by atoms with Crippen LogP contribution in [-0.2, 0) is 4.79 Å². The zero-order valence-electron chi connectivity index (χ0n) is 13.4. The van der Waals surface area contributed by atoms with Gasteiger partial charge in [-0.2, -0.15) is 0 Å². The van der Waals surface area contributed by atoms with Gasteiger partial charge in [0.15, 0.2) is 0 Å². The average Bonchev–Trinajstić information content (AvgIpc) is 3.08. The summed E-state index contributed by atoms with van der Waals surface area (Å²) in [7, 11) is 0. The second-order valence-electron chi connectivity index (χ2n) is 5.82. The fourth-order valence-electron chi connectivity index (χ4n) is 2.75. The molecule has 0 aliphatic carbocycles. The van der Waals surface area contributed by atoms with E-state index in [1.165, 1.54) is 12.1 Å². The molecule has 1 aromatic heterocycles. The first-order valence-corrected chi connectivity index (χ1v) is 7.86. The number of rotatable bonds is 5. The number of anilines is 1. The number of amides is 1. The SMILES string of the molecule is Cc1cccc(NC(=O)C[C@H](c2ccc(F)cc2)n2cccc2)c1. The van der Waals surface area contributed by atoms with E-state index in [2.05, 4.69) is 5.32 Å². The number of benzene rings is 2. The number of halogens is 1. The number of carbonyl (C=O) groups excluding carboxylic acids is 1. The number of nitrogens with one attached hydrogen (secondary N) is 1. The van der Waals surface area contributed by atoms with Crippen LogP contribution in [-0.4, -0.2) is 10.5 Å². The minimum absolute atomic E-state index is 0.0800. The van der Waals surface area contributed by atoms with E-state index in [1.807, 2.05) is 60.3 Å². The van der Waals surface area contributed by atoms with Crippen LogP contribution in [0.5, 0.6) is 0 Å². The quantitative estimate of drug-likeness (QED) is 0.734. The van der Waals surface area contributed by atoms with E-state index < -0.39 is 0 Å². The lowest BCUT2D eigenvalue weighted by atomic mass is 10.0. The first-order valence-electron chi connectivity index (χ1n) is 7.86. The molecule has 1 amide bonds. The highest BCUT2D eigenvalue weighted by Crippen LogP contribution is 2.23. The molecule has 0 unspecified atom stereocenters. The van der Waals surface area contributed by atoms with Gasteiger partial charge in [-0.1, -0.05) is 24.3 Å². The highest BCUT2D eigenvalue weighted by Gasteiger charge is 2.17. The van der Waals surface area contributed by atoms with Crippen molar-refractivity contribution < 1.29 is 9.18 Å². The summed E-state index contributed by atoms with van der Waals surface area (Å²) in [6, 6.07) is 17.6. The Balaban J connectivity index is 1.79. The maximum absolute atomic E-state index is 13.2. The first kappa shape index (κ1) is 16.0. The van der Waals surface area contributed by atoms with Crippen molar-refractivity contribution in [3.8, 4) is 0 Å². The molecule has 2 aromatic carbocycles. The zero-order chi connectivity index (χ0) is 16.9. The summed E-state index contributed by atoms with van der Waals surface area (Å²) < 4.78 is 15.2. The van der Waals surface area contributed by atoms with Crippen LogP contribution in [0.4, 0.5) is 10.1 Å². The molecule has 0 radical (unpaired) electrons. The van der Waals surface area contributed by atoms with Gasteiger partial charge in [0.1, 0.15) is 5.82 Å². The van der Waals surface area contributed by atoms with Gasteiger partial charge < -0.3 is 9.88 Å². The highest BCUT2D eigenvalue weighted by atomic mass is 19.1. The number of nitrogens with zero attached hydrogens (tertiary/aromatic N) is 1. The van der Waals surface area contributed by atoms with E-state index in [0.717, 1.165) is 16.8 Å². The van der Waals surface area contributed by atoms with Crippen LogP contribution in [0, 0.1) is 12.7 Å². The molecule has 0 saturated heterocycles. The van der Waals surface area contributed by atoms with E-state index in [0.29, 0.717) is 0 Å². The second-order valence-corrected chi connectivity index (χ2v) is 5.82. The molecular weight excluding hydrogens is 303 g/mol. The van der Waals surface area contributed by atoms with Gasteiger partial charge in [-0.3, -0.25) is 4.79 Å². The zero-order valence-corrected chi connectivity index (χ0v) is 13.4. The second kappa shape index (κ2) is 7.13. The monoisotopic (exact) mass is 322 g/mol. The number of hydrogen-bond acceptors (Lipinski definition) is 1. The van der Waals surface area contributed by atoms with E-state index in [9.17, 15) is 9.18 Å². The molecule has 0 bridgehead atoms. The molecule has 0 fully saturated rings. The highest BCUT2D eigenvalue weighted by molar-refractivity contribution is 5.91. The molecular formula is C20H19FN2O. The standard InChI is InChI=1S/C20H19FN2O/c1-15-5-4-6-18(13-15)22-20(24)14-19(23-11-2-3-12-23)16-7-9-17(21)10-8-16/h2-13,19H,14H2,1H3,(H,22,24)/t19-/m1/s1. The van der Waals surface area contributed by atoms with Crippen molar-refractivity contribution in [3.05, 3.63) is 90.0 Å². The third-order valence-corrected chi connectivity index (χ3v) is 3.92. The summed E-state index contributed by atoms with van der Waals surface area (Å²) in [5.41, 5.74) is 2.77. The lowest BCUT2D eigenvalue weighted by molar-refractivity contribution is -0.116. The third-order valence-electron chi connectivity index (χ3n) is 3.92. The summed E-state index contributed by atoms with van der Waals surface area (Å²) in [5.74, 6) is -0.363. The van der Waals surface area contributed by atoms with Gasteiger partial charge in [0, 0.05) is 18.1 Å². The number of carbonyl (C=O) groups is 1. The van der Waals surface area contributed by atoms with Gasteiger partial charge in [-0.25, -0.2) is 4.39 Å². The third kappa shape index (κ3) is 3.90. The minimum atomic E-state index is -0.283. The van der Waals surface area contributed by atoms with Crippen LogP contribution in [0.3, 0.4) is 0 Å². The Hall–Kier alpha value is -2.88. The molecule has 3 rings (SSSR count). The largest absolute Gasteiger partial charge is 0.346 e. The van der Waals surface area contributed by atoms with E-state index in [-0.39, 0.29) is 24.2 Å². The molecule has 0 aliphatic rings. The summed E-state index contributed by atoms with van der Waals surface area (Å²) in [6.45, 7) is 1.98. The normalized spacial score (nSPS) is 11.9. The van der Waals surface area contributed by atoms with Crippen LogP contribution in [0.2, 0.25) is 0 Å². The van der Waals surface area contributed by atoms with Crippen molar-refractivity contribution in [1.82, 2.24) is 4.57 Å². The average molecular weight is 322 g/mol. The van der Waals surface area contributed by atoms with Crippen LogP contribution in [0.15, 0.2) is 73.1 Å². The Morgan fingerprint density at radius 1 is 1.08 bits per heavy atom. The molecule has 1 heterocycles. The van der Waals surface area contributed by atoms with Crippen molar-refractivity contribution >= 4 is 11.6 Å². The molecule has 3 nitrogen and oxygen atoms in total. The van der Waals surface area contributed by atoms with Crippen LogP contribution in [0.1, 0.15) is 23.6 Å². The Morgan fingerprint density at radius 2 is 1.79 bits per heavy atom. The van der Waals surface area contributed by atoms with Crippen molar-refractivity contribution in [2.45, 2.75) is 19.4 Å². The molecule has 0 spiro atoms. The maximum atomic E-state index is 13.2. The lowest BCUT2D eigenvalue weighted by Gasteiger charge is -2.19. The number of hydrogen-bond donors (Lipinski definition) is 1. The Kier molecular flexibility index (Phi) is 4.75. The molecule has 1 N–H and O–H groups in total. The fourth-order valence-corrected chi connectivity index (χ4v) is 2.75. The molecule has 3 aromatic rings. The predicted octanol–water partition coefficient (Wildman–Crippen LogP) is 4.55. The fraction of sp³-hybridized carbons (Fsp3) is 0.150. The smallest absolute Gasteiger partial charge is 0.226 e. The van der Waals surface area contributed by atoms with Crippen LogP contribution < -0.4 is 5.32 Å². The summed E-state index contributed by atoms with van der Waals surface area (Å²) in [5, 5.41) is 2.93. The van der Waals surface area contributed by atoms with E-state index in [4.69, 9.17) is 0 Å². The Bertz CT molecular complexity index is 810. The van der Waals surface area contributed by atoms with E-state index in [1.54, 1.807) is 12.1 Å². The molecule has 1 atom stereocenters. The molecule has 122 valence electrons. The van der Waals surface area contributed by atoms with Gasteiger partial charge in [0.05, 0.1) is 12.5 Å². The van der Waals surface area contributed by atoms with E-state index >= 15 is 0 Å². The predicted molar refractivity (Wildman–Crippen MR) is 93.4 cm³/mol.